The third kappa shape index (κ3) is 3.90. The van der Waals surface area contributed by atoms with Crippen LogP contribution in [0.1, 0.15) is 35.2 Å². The summed E-state index contributed by atoms with van der Waals surface area (Å²) in [6, 6.07) is 25.7. The van der Waals surface area contributed by atoms with E-state index in [1.165, 1.54) is 17.5 Å². The van der Waals surface area contributed by atoms with Crippen LogP contribution >= 0.6 is 0 Å². The van der Waals surface area contributed by atoms with Gasteiger partial charge >= 0.3 is 0 Å². The molecule has 0 saturated carbocycles. The quantitative estimate of drug-likeness (QED) is 0.648. The first-order chi connectivity index (χ1) is 12.8. The number of nitrogens with zero attached hydrogens (tertiary/aromatic N) is 2. The van der Waals surface area contributed by atoms with Gasteiger partial charge in [0.25, 0.3) is 0 Å². The molecule has 2 aromatic carbocycles. The molecule has 3 nitrogen and oxygen atoms in total. The summed E-state index contributed by atoms with van der Waals surface area (Å²) in [4.78, 5) is 5.08. The second-order valence-electron chi connectivity index (χ2n) is 7.09. The summed E-state index contributed by atoms with van der Waals surface area (Å²) in [5.74, 6) is 2.03. The minimum Gasteiger partial charge on any atom is -0.463 e. The Bertz CT molecular complexity index is 763. The summed E-state index contributed by atoms with van der Waals surface area (Å²) in [7, 11) is 0. The molecule has 0 spiro atoms. The van der Waals surface area contributed by atoms with Crippen molar-refractivity contribution in [2.45, 2.75) is 32.6 Å². The van der Waals surface area contributed by atoms with E-state index in [2.05, 4.69) is 82.6 Å². The molecule has 0 radical (unpaired) electrons. The molecule has 0 atom stereocenters. The van der Waals surface area contributed by atoms with Crippen LogP contribution in [0.15, 0.2) is 77.2 Å². The van der Waals surface area contributed by atoms with Gasteiger partial charge in [-0.25, -0.2) is 0 Å². The number of hydrogen-bond donors (Lipinski definition) is 0. The van der Waals surface area contributed by atoms with E-state index in [9.17, 15) is 0 Å². The molecule has 0 N–H and O–H groups in total. The molecule has 0 unspecified atom stereocenters. The normalized spacial score (nSPS) is 16.8. The van der Waals surface area contributed by atoms with Crippen LogP contribution < -0.4 is 0 Å². The highest BCUT2D eigenvalue weighted by Gasteiger charge is 2.32. The lowest BCUT2D eigenvalue weighted by Crippen LogP contribution is -2.46. The molecular weight excluding hydrogens is 320 g/mol. The maximum absolute atomic E-state index is 6.08. The molecule has 3 heteroatoms. The fraction of sp³-hybridized carbons (Fsp3) is 0.304. The molecule has 1 aliphatic rings. The third-order valence-electron chi connectivity index (χ3n) is 5.06. The van der Waals surface area contributed by atoms with Crippen molar-refractivity contribution in [2.75, 3.05) is 13.1 Å². The van der Waals surface area contributed by atoms with Crippen LogP contribution in [0, 0.1) is 6.92 Å². The van der Waals surface area contributed by atoms with E-state index in [0.717, 1.165) is 37.7 Å². The van der Waals surface area contributed by atoms with Gasteiger partial charge < -0.3 is 4.42 Å². The Labute approximate surface area is 155 Å². The van der Waals surface area contributed by atoms with E-state index in [4.69, 9.17) is 4.42 Å². The van der Waals surface area contributed by atoms with E-state index in [1.807, 2.05) is 6.92 Å². The summed E-state index contributed by atoms with van der Waals surface area (Å²) in [6.07, 6.45) is 1.36. The van der Waals surface area contributed by atoms with Gasteiger partial charge in [0.05, 0.1) is 0 Å². The summed E-state index contributed by atoms with van der Waals surface area (Å²) in [5.41, 5.74) is 2.70. The van der Waals surface area contributed by atoms with Gasteiger partial charge in [-0.05, 0) is 36.6 Å². The van der Waals surface area contributed by atoms with Gasteiger partial charge in [0.2, 0.25) is 0 Å². The zero-order chi connectivity index (χ0) is 17.8. The second-order valence-corrected chi connectivity index (χ2v) is 7.09. The zero-order valence-electron chi connectivity index (χ0n) is 15.3. The summed E-state index contributed by atoms with van der Waals surface area (Å²) < 4.78 is 6.08. The summed E-state index contributed by atoms with van der Waals surface area (Å²) >= 11 is 0. The molecule has 0 aliphatic carbocycles. The molecule has 1 aromatic heterocycles. The van der Waals surface area contributed by atoms with Crippen LogP contribution in [-0.4, -0.2) is 22.9 Å². The minimum atomic E-state index is 0.179. The maximum Gasteiger partial charge on any atom is 0.136 e. The van der Waals surface area contributed by atoms with Crippen molar-refractivity contribution in [1.82, 2.24) is 9.80 Å². The van der Waals surface area contributed by atoms with Gasteiger partial charge in [-0.2, -0.15) is 0 Å². The molecule has 134 valence electrons. The van der Waals surface area contributed by atoms with Crippen molar-refractivity contribution >= 4 is 0 Å². The highest BCUT2D eigenvalue weighted by molar-refractivity contribution is 5.18. The Hall–Kier alpha value is -2.36. The van der Waals surface area contributed by atoms with Crippen molar-refractivity contribution in [1.29, 1.82) is 0 Å². The van der Waals surface area contributed by atoms with Gasteiger partial charge in [0.1, 0.15) is 17.7 Å². The van der Waals surface area contributed by atoms with Gasteiger partial charge in [-0.15, -0.1) is 0 Å². The lowest BCUT2D eigenvalue weighted by atomic mass is 10.1. The van der Waals surface area contributed by atoms with Crippen molar-refractivity contribution in [3.05, 3.63) is 95.4 Å². The van der Waals surface area contributed by atoms with Gasteiger partial charge in [0, 0.05) is 26.2 Å². The van der Waals surface area contributed by atoms with Crippen molar-refractivity contribution in [3.8, 4) is 0 Å². The average molecular weight is 346 g/mol. The highest BCUT2D eigenvalue weighted by atomic mass is 16.3. The van der Waals surface area contributed by atoms with Gasteiger partial charge in [-0.3, -0.25) is 9.80 Å². The first kappa shape index (κ1) is 17.1. The molecule has 0 amide bonds. The minimum absolute atomic E-state index is 0.179. The SMILES string of the molecule is Cc1ccc(C2N(Cc3ccccc3)CCCN2Cc2ccccc2)o1. The van der Waals surface area contributed by atoms with Crippen LogP contribution in [0.5, 0.6) is 0 Å². The molecule has 0 bridgehead atoms. The molecular formula is C23H26N2O. The molecule has 1 fully saturated rings. The number of aryl methyl sites for hydroxylation is 1. The van der Waals surface area contributed by atoms with E-state index in [-0.39, 0.29) is 6.17 Å². The monoisotopic (exact) mass is 346 g/mol. The molecule has 3 aromatic rings. The molecule has 4 rings (SSSR count). The molecule has 1 aliphatic heterocycles. The number of hydrogen-bond acceptors (Lipinski definition) is 3. The topological polar surface area (TPSA) is 19.6 Å². The van der Waals surface area contributed by atoms with Crippen LogP contribution in [0.25, 0.3) is 0 Å². The third-order valence-corrected chi connectivity index (χ3v) is 5.06. The van der Waals surface area contributed by atoms with E-state index in [1.54, 1.807) is 0 Å². The van der Waals surface area contributed by atoms with Crippen molar-refractivity contribution in [2.24, 2.45) is 0 Å². The first-order valence-corrected chi connectivity index (χ1v) is 9.42. The number of furan rings is 1. The standard InChI is InChI=1S/C23H26N2O/c1-19-13-14-22(26-19)23-24(17-20-9-4-2-5-10-20)15-8-16-25(23)18-21-11-6-3-7-12-21/h2-7,9-14,23H,8,15-18H2,1H3. The predicted octanol–water partition coefficient (Wildman–Crippen LogP) is 4.99. The van der Waals surface area contributed by atoms with Crippen LogP contribution in [0.4, 0.5) is 0 Å². The fourth-order valence-corrected chi connectivity index (χ4v) is 3.87. The Kier molecular flexibility index (Phi) is 5.19. The Balaban J connectivity index is 1.61. The maximum atomic E-state index is 6.08. The van der Waals surface area contributed by atoms with Crippen molar-refractivity contribution in [3.63, 3.8) is 0 Å². The molecule has 1 saturated heterocycles. The zero-order valence-corrected chi connectivity index (χ0v) is 15.3. The summed E-state index contributed by atoms with van der Waals surface area (Å²) in [5, 5.41) is 0. The number of benzene rings is 2. The lowest BCUT2D eigenvalue weighted by Gasteiger charge is -2.43. The Morgan fingerprint density at radius 1 is 0.769 bits per heavy atom. The van der Waals surface area contributed by atoms with E-state index < -0.39 is 0 Å². The first-order valence-electron chi connectivity index (χ1n) is 9.42. The smallest absolute Gasteiger partial charge is 0.136 e. The molecule has 2 heterocycles. The predicted molar refractivity (Wildman–Crippen MR) is 105 cm³/mol. The van der Waals surface area contributed by atoms with Crippen LogP contribution in [-0.2, 0) is 13.1 Å². The van der Waals surface area contributed by atoms with E-state index in [0.29, 0.717) is 0 Å². The Morgan fingerprint density at radius 3 is 1.77 bits per heavy atom. The second kappa shape index (κ2) is 7.90. The van der Waals surface area contributed by atoms with Crippen LogP contribution in [0.2, 0.25) is 0 Å². The lowest BCUT2D eigenvalue weighted by molar-refractivity contribution is -0.0219. The van der Waals surface area contributed by atoms with Crippen LogP contribution in [0.3, 0.4) is 0 Å². The van der Waals surface area contributed by atoms with Crippen molar-refractivity contribution < 1.29 is 4.42 Å². The van der Waals surface area contributed by atoms with E-state index >= 15 is 0 Å². The highest BCUT2D eigenvalue weighted by Crippen LogP contribution is 2.33. The fourth-order valence-electron chi connectivity index (χ4n) is 3.87. The van der Waals surface area contributed by atoms with Gasteiger partial charge in [0.15, 0.2) is 0 Å². The molecule has 26 heavy (non-hydrogen) atoms. The summed E-state index contributed by atoms with van der Waals surface area (Å²) in [6.45, 7) is 6.08. The number of rotatable bonds is 5. The average Bonchev–Trinajstić information content (AvgIpc) is 3.09. The largest absolute Gasteiger partial charge is 0.463 e. The Morgan fingerprint density at radius 2 is 1.31 bits per heavy atom. The van der Waals surface area contributed by atoms with Gasteiger partial charge in [-0.1, -0.05) is 60.7 Å².